The van der Waals surface area contributed by atoms with Gasteiger partial charge in [-0.25, -0.2) is 0 Å². The van der Waals surface area contributed by atoms with Crippen molar-refractivity contribution in [2.24, 2.45) is 11.3 Å². The van der Waals surface area contributed by atoms with Crippen LogP contribution in [-0.2, 0) is 6.42 Å². The lowest BCUT2D eigenvalue weighted by Gasteiger charge is -2.44. The summed E-state index contributed by atoms with van der Waals surface area (Å²) in [6.45, 7) is 10.5. The zero-order valence-electron chi connectivity index (χ0n) is 14.4. The molecule has 1 aromatic carbocycles. The molecule has 0 spiro atoms. The highest BCUT2D eigenvalue weighted by atomic mass is 14.9. The second kappa shape index (κ2) is 7.45. The number of rotatable bonds is 6. The van der Waals surface area contributed by atoms with Crippen LogP contribution in [0.4, 0.5) is 0 Å². The first-order chi connectivity index (χ1) is 10.1. The van der Waals surface area contributed by atoms with Crippen molar-refractivity contribution in [1.29, 1.82) is 0 Å². The van der Waals surface area contributed by atoms with Crippen molar-refractivity contribution in [1.82, 2.24) is 5.32 Å². The van der Waals surface area contributed by atoms with Gasteiger partial charge in [0.25, 0.3) is 0 Å². The molecular weight excluding hydrogens is 254 g/mol. The molecule has 0 bridgehead atoms. The summed E-state index contributed by atoms with van der Waals surface area (Å²) in [7, 11) is 0. The third-order valence-electron chi connectivity index (χ3n) is 5.27. The van der Waals surface area contributed by atoms with Gasteiger partial charge in [0.15, 0.2) is 0 Å². The fourth-order valence-corrected chi connectivity index (χ4v) is 4.08. The lowest BCUT2D eigenvalue weighted by molar-refractivity contribution is 0.0988. The molecular formula is C20H33N. The lowest BCUT2D eigenvalue weighted by Crippen LogP contribution is -2.39. The molecule has 1 heteroatoms. The molecule has 2 unspecified atom stereocenters. The molecule has 1 nitrogen and oxygen atoms in total. The van der Waals surface area contributed by atoms with Crippen molar-refractivity contribution >= 4 is 0 Å². The Kier molecular flexibility index (Phi) is 5.87. The average Bonchev–Trinajstić information content (AvgIpc) is 2.46. The van der Waals surface area contributed by atoms with E-state index >= 15 is 0 Å². The third kappa shape index (κ3) is 4.10. The predicted molar refractivity (Wildman–Crippen MR) is 92.6 cm³/mol. The van der Waals surface area contributed by atoms with E-state index in [9.17, 15) is 0 Å². The smallest absolute Gasteiger partial charge is 0.0353 e. The minimum Gasteiger partial charge on any atom is -0.310 e. The topological polar surface area (TPSA) is 12.0 Å². The molecule has 2 rings (SSSR count). The summed E-state index contributed by atoms with van der Waals surface area (Å²) >= 11 is 0. The van der Waals surface area contributed by atoms with E-state index in [-0.39, 0.29) is 0 Å². The maximum absolute atomic E-state index is 3.79. The fraction of sp³-hybridized carbons (Fsp3) is 0.700. The van der Waals surface area contributed by atoms with Crippen LogP contribution in [0.25, 0.3) is 0 Å². The number of benzene rings is 1. The van der Waals surface area contributed by atoms with Crippen LogP contribution >= 0.6 is 0 Å². The first-order valence-corrected chi connectivity index (χ1v) is 8.90. The third-order valence-corrected chi connectivity index (χ3v) is 5.27. The molecule has 1 N–H and O–H groups in total. The van der Waals surface area contributed by atoms with Gasteiger partial charge in [0, 0.05) is 6.04 Å². The van der Waals surface area contributed by atoms with Crippen LogP contribution < -0.4 is 5.32 Å². The van der Waals surface area contributed by atoms with Crippen molar-refractivity contribution in [3.8, 4) is 0 Å². The van der Waals surface area contributed by atoms with Gasteiger partial charge in [-0.15, -0.1) is 0 Å². The maximum atomic E-state index is 3.79. The Labute approximate surface area is 131 Å². The molecule has 118 valence electrons. The molecule has 0 aliphatic heterocycles. The minimum absolute atomic E-state index is 0.450. The van der Waals surface area contributed by atoms with Gasteiger partial charge in [-0.3, -0.25) is 0 Å². The van der Waals surface area contributed by atoms with Crippen LogP contribution in [0.5, 0.6) is 0 Å². The quantitative estimate of drug-likeness (QED) is 0.728. The molecule has 1 fully saturated rings. The second-order valence-electron chi connectivity index (χ2n) is 7.37. The summed E-state index contributed by atoms with van der Waals surface area (Å²) in [6, 6.07) is 9.82. The molecule has 1 saturated carbocycles. The molecule has 1 aliphatic rings. The van der Waals surface area contributed by atoms with E-state index < -0.39 is 0 Å². The standard InChI is InChI=1S/C20H33N/c1-5-10-16-11-9-12-17(15-16)19(21-6-2)18-13-7-8-14-20(18,3)4/h9,11-12,15,18-19,21H,5-8,10,13-14H2,1-4H3. The van der Waals surface area contributed by atoms with Gasteiger partial charge in [0.05, 0.1) is 0 Å². The first-order valence-electron chi connectivity index (χ1n) is 8.90. The molecule has 1 aromatic rings. The zero-order chi connectivity index (χ0) is 15.3. The van der Waals surface area contributed by atoms with Crippen molar-refractivity contribution in [2.45, 2.75) is 72.3 Å². The fourth-order valence-electron chi connectivity index (χ4n) is 4.08. The number of hydrogen-bond acceptors (Lipinski definition) is 1. The summed E-state index contributed by atoms with van der Waals surface area (Å²) in [6.07, 6.45) is 7.95. The lowest BCUT2D eigenvalue weighted by atomic mass is 9.64. The maximum Gasteiger partial charge on any atom is 0.0353 e. The van der Waals surface area contributed by atoms with Crippen molar-refractivity contribution in [3.05, 3.63) is 35.4 Å². The van der Waals surface area contributed by atoms with Gasteiger partial charge in [0.2, 0.25) is 0 Å². The largest absolute Gasteiger partial charge is 0.310 e. The average molecular weight is 287 g/mol. The summed E-state index contributed by atoms with van der Waals surface area (Å²) in [5.74, 6) is 0.753. The van der Waals surface area contributed by atoms with Crippen molar-refractivity contribution in [3.63, 3.8) is 0 Å². The van der Waals surface area contributed by atoms with E-state index in [0.29, 0.717) is 11.5 Å². The predicted octanol–water partition coefficient (Wildman–Crippen LogP) is 5.51. The molecule has 2 atom stereocenters. The van der Waals surface area contributed by atoms with E-state index in [1.165, 1.54) is 49.7 Å². The van der Waals surface area contributed by atoms with Crippen LogP contribution in [0.1, 0.15) is 77.0 Å². The first kappa shape index (κ1) is 16.5. The molecule has 0 heterocycles. The molecule has 0 radical (unpaired) electrons. The van der Waals surface area contributed by atoms with E-state index in [1.807, 2.05) is 0 Å². The molecule has 0 amide bonds. The van der Waals surface area contributed by atoms with Crippen LogP contribution in [0.2, 0.25) is 0 Å². The minimum atomic E-state index is 0.450. The highest BCUT2D eigenvalue weighted by Gasteiger charge is 2.37. The summed E-state index contributed by atoms with van der Waals surface area (Å²) in [5, 5.41) is 3.79. The molecule has 21 heavy (non-hydrogen) atoms. The zero-order valence-corrected chi connectivity index (χ0v) is 14.4. The van der Waals surface area contributed by atoms with Gasteiger partial charge >= 0.3 is 0 Å². The van der Waals surface area contributed by atoms with Gasteiger partial charge < -0.3 is 5.32 Å². The summed E-state index contributed by atoms with van der Waals surface area (Å²) in [4.78, 5) is 0. The normalized spacial score (nSPS) is 23.0. The Hall–Kier alpha value is -0.820. The highest BCUT2D eigenvalue weighted by Crippen LogP contribution is 2.46. The van der Waals surface area contributed by atoms with E-state index in [2.05, 4.69) is 57.3 Å². The van der Waals surface area contributed by atoms with Crippen LogP contribution in [0, 0.1) is 11.3 Å². The van der Waals surface area contributed by atoms with Crippen molar-refractivity contribution in [2.75, 3.05) is 6.54 Å². The van der Waals surface area contributed by atoms with E-state index in [1.54, 1.807) is 0 Å². The van der Waals surface area contributed by atoms with E-state index in [0.717, 1.165) is 12.5 Å². The molecule has 1 aliphatic carbocycles. The SMILES string of the molecule is CCCc1cccc(C(NCC)C2CCCCC2(C)C)c1. The van der Waals surface area contributed by atoms with Crippen LogP contribution in [0.15, 0.2) is 24.3 Å². The van der Waals surface area contributed by atoms with Gasteiger partial charge in [-0.05, 0) is 48.3 Å². The Bertz CT molecular complexity index is 435. The van der Waals surface area contributed by atoms with Crippen LogP contribution in [-0.4, -0.2) is 6.54 Å². The Morgan fingerprint density at radius 1 is 1.24 bits per heavy atom. The number of hydrogen-bond donors (Lipinski definition) is 1. The van der Waals surface area contributed by atoms with Gasteiger partial charge in [0.1, 0.15) is 0 Å². The molecule has 0 saturated heterocycles. The second-order valence-corrected chi connectivity index (χ2v) is 7.37. The Morgan fingerprint density at radius 2 is 2.05 bits per heavy atom. The Morgan fingerprint density at radius 3 is 2.71 bits per heavy atom. The number of aryl methyl sites for hydroxylation is 1. The molecule has 0 aromatic heterocycles. The monoisotopic (exact) mass is 287 g/mol. The Balaban J connectivity index is 2.27. The number of nitrogens with one attached hydrogen (secondary N) is 1. The van der Waals surface area contributed by atoms with E-state index in [4.69, 9.17) is 0 Å². The van der Waals surface area contributed by atoms with Crippen molar-refractivity contribution < 1.29 is 0 Å². The highest BCUT2D eigenvalue weighted by molar-refractivity contribution is 5.27. The van der Waals surface area contributed by atoms with Gasteiger partial charge in [-0.2, -0.15) is 0 Å². The summed E-state index contributed by atoms with van der Waals surface area (Å²) in [5.41, 5.74) is 3.44. The van der Waals surface area contributed by atoms with Crippen LogP contribution in [0.3, 0.4) is 0 Å². The van der Waals surface area contributed by atoms with Gasteiger partial charge in [-0.1, -0.05) is 71.2 Å². The summed E-state index contributed by atoms with van der Waals surface area (Å²) < 4.78 is 0.